The molecule has 2 atom stereocenters. The van der Waals surface area contributed by atoms with E-state index in [0.29, 0.717) is 12.1 Å². The first kappa shape index (κ1) is 7.56. The van der Waals surface area contributed by atoms with E-state index in [9.17, 15) is 0 Å². The first-order valence-electron chi connectivity index (χ1n) is 4.80. The van der Waals surface area contributed by atoms with Crippen molar-refractivity contribution in [1.29, 1.82) is 0 Å². The first-order chi connectivity index (χ1) is 5.29. The van der Waals surface area contributed by atoms with E-state index < -0.39 is 0 Å². The zero-order valence-electron chi connectivity index (χ0n) is 7.29. The van der Waals surface area contributed by atoms with Crippen molar-refractivity contribution in [3.8, 4) is 0 Å². The summed E-state index contributed by atoms with van der Waals surface area (Å²) in [4.78, 5) is 2.63. The SMILES string of the molecule is CC(N)C1CCCN1C1CC1. The monoisotopic (exact) mass is 154 g/mol. The van der Waals surface area contributed by atoms with E-state index >= 15 is 0 Å². The van der Waals surface area contributed by atoms with Gasteiger partial charge in [0.15, 0.2) is 0 Å². The van der Waals surface area contributed by atoms with Crippen molar-refractivity contribution in [3.63, 3.8) is 0 Å². The molecule has 2 unspecified atom stereocenters. The van der Waals surface area contributed by atoms with E-state index in [4.69, 9.17) is 5.73 Å². The summed E-state index contributed by atoms with van der Waals surface area (Å²) >= 11 is 0. The fraction of sp³-hybridized carbons (Fsp3) is 1.00. The Morgan fingerprint density at radius 1 is 1.36 bits per heavy atom. The number of rotatable bonds is 2. The van der Waals surface area contributed by atoms with Crippen LogP contribution in [-0.2, 0) is 0 Å². The second kappa shape index (κ2) is 2.76. The maximum atomic E-state index is 5.91. The molecule has 2 aliphatic rings. The molecule has 1 aliphatic heterocycles. The van der Waals surface area contributed by atoms with Crippen LogP contribution in [-0.4, -0.2) is 29.6 Å². The molecule has 0 spiro atoms. The van der Waals surface area contributed by atoms with Crippen LogP contribution in [0.3, 0.4) is 0 Å². The molecule has 2 heteroatoms. The molecule has 0 aromatic rings. The highest BCUT2D eigenvalue weighted by atomic mass is 15.2. The smallest absolute Gasteiger partial charge is 0.0247 e. The lowest BCUT2D eigenvalue weighted by Crippen LogP contribution is -2.43. The largest absolute Gasteiger partial charge is 0.327 e. The minimum atomic E-state index is 0.373. The molecule has 2 fully saturated rings. The highest BCUT2D eigenvalue weighted by Crippen LogP contribution is 2.33. The second-order valence-corrected chi connectivity index (χ2v) is 4.04. The van der Waals surface area contributed by atoms with Gasteiger partial charge in [0, 0.05) is 18.1 Å². The molecular formula is C9H18N2. The summed E-state index contributed by atoms with van der Waals surface area (Å²) in [6, 6.07) is 1.98. The van der Waals surface area contributed by atoms with Gasteiger partial charge in [-0.3, -0.25) is 4.90 Å². The van der Waals surface area contributed by atoms with Crippen LogP contribution in [0, 0.1) is 0 Å². The van der Waals surface area contributed by atoms with Gasteiger partial charge >= 0.3 is 0 Å². The normalized spacial score (nSPS) is 36.0. The molecule has 0 aromatic heterocycles. The lowest BCUT2D eigenvalue weighted by molar-refractivity contribution is 0.220. The summed E-state index contributed by atoms with van der Waals surface area (Å²) in [7, 11) is 0. The van der Waals surface area contributed by atoms with E-state index in [1.54, 1.807) is 0 Å². The van der Waals surface area contributed by atoms with Crippen molar-refractivity contribution in [1.82, 2.24) is 4.90 Å². The third-order valence-corrected chi connectivity index (χ3v) is 2.97. The summed E-state index contributed by atoms with van der Waals surface area (Å²) in [5.74, 6) is 0. The molecule has 1 heterocycles. The van der Waals surface area contributed by atoms with Crippen LogP contribution < -0.4 is 5.73 Å². The molecule has 0 radical (unpaired) electrons. The van der Waals surface area contributed by atoms with E-state index in [1.165, 1.54) is 32.2 Å². The molecule has 2 N–H and O–H groups in total. The van der Waals surface area contributed by atoms with Gasteiger partial charge in [-0.15, -0.1) is 0 Å². The van der Waals surface area contributed by atoms with Crippen LogP contribution in [0.15, 0.2) is 0 Å². The zero-order valence-corrected chi connectivity index (χ0v) is 7.29. The number of hydrogen-bond acceptors (Lipinski definition) is 2. The average molecular weight is 154 g/mol. The highest BCUT2D eigenvalue weighted by molar-refractivity contribution is 4.94. The molecule has 64 valence electrons. The molecule has 0 bridgehead atoms. The Kier molecular flexibility index (Phi) is 1.90. The summed E-state index contributed by atoms with van der Waals surface area (Å²) in [6.45, 7) is 3.45. The highest BCUT2D eigenvalue weighted by Gasteiger charge is 2.37. The van der Waals surface area contributed by atoms with Crippen LogP contribution in [0.25, 0.3) is 0 Å². The predicted molar refractivity (Wildman–Crippen MR) is 46.4 cm³/mol. The van der Waals surface area contributed by atoms with Gasteiger partial charge in [-0.1, -0.05) is 0 Å². The first-order valence-corrected chi connectivity index (χ1v) is 4.80. The topological polar surface area (TPSA) is 29.3 Å². The summed E-state index contributed by atoms with van der Waals surface area (Å²) in [6.07, 6.45) is 5.53. The Hall–Kier alpha value is -0.0800. The van der Waals surface area contributed by atoms with Gasteiger partial charge in [0.05, 0.1) is 0 Å². The molecular weight excluding hydrogens is 136 g/mol. The van der Waals surface area contributed by atoms with Crippen LogP contribution in [0.2, 0.25) is 0 Å². The number of nitrogens with zero attached hydrogens (tertiary/aromatic N) is 1. The Morgan fingerprint density at radius 3 is 2.64 bits per heavy atom. The van der Waals surface area contributed by atoms with Gasteiger partial charge in [0.2, 0.25) is 0 Å². The standard InChI is InChI=1S/C9H18N2/c1-7(10)9-3-2-6-11(9)8-4-5-8/h7-9H,2-6,10H2,1H3. The minimum Gasteiger partial charge on any atom is -0.327 e. The van der Waals surface area contributed by atoms with Crippen molar-refractivity contribution in [2.45, 2.75) is 50.7 Å². The van der Waals surface area contributed by atoms with Crippen molar-refractivity contribution >= 4 is 0 Å². The van der Waals surface area contributed by atoms with Crippen molar-refractivity contribution in [2.24, 2.45) is 5.73 Å². The van der Waals surface area contributed by atoms with Crippen molar-refractivity contribution in [3.05, 3.63) is 0 Å². The van der Waals surface area contributed by atoms with Gasteiger partial charge in [0.1, 0.15) is 0 Å². The molecule has 0 aromatic carbocycles. The van der Waals surface area contributed by atoms with Crippen LogP contribution in [0.1, 0.15) is 32.6 Å². The molecule has 2 nitrogen and oxygen atoms in total. The molecule has 1 saturated heterocycles. The Balaban J connectivity index is 1.95. The number of likely N-dealkylation sites (tertiary alicyclic amines) is 1. The molecule has 0 amide bonds. The molecule has 1 saturated carbocycles. The van der Waals surface area contributed by atoms with Crippen molar-refractivity contribution in [2.75, 3.05) is 6.54 Å². The molecule has 1 aliphatic carbocycles. The maximum absolute atomic E-state index is 5.91. The fourth-order valence-electron chi connectivity index (χ4n) is 2.24. The van der Waals surface area contributed by atoms with E-state index in [0.717, 1.165) is 6.04 Å². The van der Waals surface area contributed by atoms with Gasteiger partial charge in [-0.05, 0) is 39.2 Å². The van der Waals surface area contributed by atoms with E-state index in [1.807, 2.05) is 0 Å². The quantitative estimate of drug-likeness (QED) is 0.642. The van der Waals surface area contributed by atoms with Crippen molar-refractivity contribution < 1.29 is 0 Å². The molecule has 2 rings (SSSR count). The van der Waals surface area contributed by atoms with E-state index in [2.05, 4.69) is 11.8 Å². The summed E-state index contributed by atoms with van der Waals surface area (Å²) < 4.78 is 0. The number of nitrogens with two attached hydrogens (primary N) is 1. The Labute approximate surface area is 68.7 Å². The third kappa shape index (κ3) is 1.42. The Bertz CT molecular complexity index is 132. The third-order valence-electron chi connectivity index (χ3n) is 2.97. The van der Waals surface area contributed by atoms with Crippen LogP contribution in [0.4, 0.5) is 0 Å². The van der Waals surface area contributed by atoms with Gasteiger partial charge in [0.25, 0.3) is 0 Å². The predicted octanol–water partition coefficient (Wildman–Crippen LogP) is 0.960. The minimum absolute atomic E-state index is 0.373. The maximum Gasteiger partial charge on any atom is 0.0247 e. The van der Waals surface area contributed by atoms with Gasteiger partial charge in [-0.2, -0.15) is 0 Å². The van der Waals surface area contributed by atoms with Gasteiger partial charge in [-0.25, -0.2) is 0 Å². The fourth-order valence-corrected chi connectivity index (χ4v) is 2.24. The average Bonchev–Trinajstić information content (AvgIpc) is 2.68. The second-order valence-electron chi connectivity index (χ2n) is 4.04. The lowest BCUT2D eigenvalue weighted by Gasteiger charge is -2.26. The van der Waals surface area contributed by atoms with Crippen LogP contribution >= 0.6 is 0 Å². The molecule has 11 heavy (non-hydrogen) atoms. The number of hydrogen-bond donors (Lipinski definition) is 1. The summed E-state index contributed by atoms with van der Waals surface area (Å²) in [5.41, 5.74) is 5.91. The summed E-state index contributed by atoms with van der Waals surface area (Å²) in [5, 5.41) is 0. The van der Waals surface area contributed by atoms with Gasteiger partial charge < -0.3 is 5.73 Å². The lowest BCUT2D eigenvalue weighted by atomic mass is 10.1. The zero-order chi connectivity index (χ0) is 7.84. The van der Waals surface area contributed by atoms with Crippen LogP contribution in [0.5, 0.6) is 0 Å². The van der Waals surface area contributed by atoms with E-state index in [-0.39, 0.29) is 0 Å². The Morgan fingerprint density at radius 2 is 2.09 bits per heavy atom.